The van der Waals surface area contributed by atoms with Crippen molar-refractivity contribution >= 4 is 21.0 Å². The molecule has 22 heavy (non-hydrogen) atoms. The summed E-state index contributed by atoms with van der Waals surface area (Å²) in [6, 6.07) is 3.34. The molecule has 1 aliphatic heterocycles. The van der Waals surface area contributed by atoms with Crippen LogP contribution in [0.15, 0.2) is 39.8 Å². The average molecular weight is 335 g/mol. The van der Waals surface area contributed by atoms with Crippen LogP contribution in [-0.4, -0.2) is 44.7 Å². The first kappa shape index (κ1) is 15.3. The zero-order chi connectivity index (χ0) is 16.0. The van der Waals surface area contributed by atoms with Gasteiger partial charge in [0.05, 0.1) is 24.4 Å². The Kier molecular flexibility index (Phi) is 3.66. The van der Waals surface area contributed by atoms with Crippen LogP contribution in [0.3, 0.4) is 0 Å². The van der Waals surface area contributed by atoms with Crippen molar-refractivity contribution in [2.75, 3.05) is 19.8 Å². The molecule has 1 saturated heterocycles. The molecule has 1 aromatic heterocycles. The molecule has 120 valence electrons. The van der Waals surface area contributed by atoms with Crippen molar-refractivity contribution < 1.29 is 30.7 Å². The molecule has 2 heterocycles. The maximum Gasteiger partial charge on any atom is 0.407 e. The van der Waals surface area contributed by atoms with Crippen LogP contribution in [0.25, 0.3) is 11.0 Å². The summed E-state index contributed by atoms with van der Waals surface area (Å²) in [5.41, 5.74) is 0.466. The van der Waals surface area contributed by atoms with Crippen LogP contribution in [-0.2, 0) is 14.8 Å². The summed E-state index contributed by atoms with van der Waals surface area (Å²) in [4.78, 5) is -0.197. The predicted molar refractivity (Wildman–Crippen MR) is 70.8 cm³/mol. The summed E-state index contributed by atoms with van der Waals surface area (Å²) in [6.07, 6.45) is -3.30. The third-order valence-corrected chi connectivity index (χ3v) is 5.39. The van der Waals surface area contributed by atoms with Crippen LogP contribution in [0, 0.1) is 0 Å². The number of hydrogen-bond acceptors (Lipinski definition) is 4. The monoisotopic (exact) mass is 335 g/mol. The van der Waals surface area contributed by atoms with Gasteiger partial charge in [-0.05, 0) is 24.3 Å². The second kappa shape index (κ2) is 5.25. The lowest BCUT2D eigenvalue weighted by atomic mass is 10.3. The highest BCUT2D eigenvalue weighted by atomic mass is 32.2. The van der Waals surface area contributed by atoms with Crippen LogP contribution in [0.4, 0.5) is 13.2 Å². The fourth-order valence-corrected chi connectivity index (χ4v) is 3.99. The van der Waals surface area contributed by atoms with Gasteiger partial charge in [0.1, 0.15) is 11.6 Å². The number of hydrogen-bond donors (Lipinski definition) is 0. The molecule has 0 aliphatic carbocycles. The van der Waals surface area contributed by atoms with Gasteiger partial charge in [0.25, 0.3) is 0 Å². The number of nitrogens with zero attached hydrogens (tertiary/aromatic N) is 1. The lowest BCUT2D eigenvalue weighted by Crippen LogP contribution is -2.55. The molecule has 1 fully saturated rings. The summed E-state index contributed by atoms with van der Waals surface area (Å²) >= 11 is 0. The van der Waals surface area contributed by atoms with Crippen molar-refractivity contribution in [2.24, 2.45) is 0 Å². The van der Waals surface area contributed by atoms with Gasteiger partial charge >= 0.3 is 6.18 Å². The molecule has 1 unspecified atom stereocenters. The number of furan rings is 1. The van der Waals surface area contributed by atoms with E-state index < -0.39 is 28.8 Å². The first-order valence-corrected chi connectivity index (χ1v) is 7.88. The minimum Gasteiger partial charge on any atom is -0.464 e. The molecule has 1 aliphatic rings. The van der Waals surface area contributed by atoms with Crippen molar-refractivity contribution in [2.45, 2.75) is 17.1 Å². The molecule has 3 rings (SSSR count). The lowest BCUT2D eigenvalue weighted by Gasteiger charge is -2.35. The number of alkyl halides is 3. The maximum absolute atomic E-state index is 13.0. The molecular formula is C13H12F3NO4S. The summed E-state index contributed by atoms with van der Waals surface area (Å²) in [5, 5.41) is 0.512. The van der Waals surface area contributed by atoms with Crippen molar-refractivity contribution in [3.63, 3.8) is 0 Å². The number of ether oxygens (including phenoxy) is 1. The Morgan fingerprint density at radius 3 is 2.73 bits per heavy atom. The lowest BCUT2D eigenvalue weighted by molar-refractivity contribution is -0.196. The van der Waals surface area contributed by atoms with Crippen molar-refractivity contribution in [1.29, 1.82) is 0 Å². The highest BCUT2D eigenvalue weighted by molar-refractivity contribution is 7.89. The van der Waals surface area contributed by atoms with E-state index in [4.69, 9.17) is 9.15 Å². The van der Waals surface area contributed by atoms with Crippen molar-refractivity contribution in [3.8, 4) is 0 Å². The van der Waals surface area contributed by atoms with E-state index in [0.717, 1.165) is 0 Å². The number of morpholine rings is 1. The highest BCUT2D eigenvalue weighted by Gasteiger charge is 2.49. The normalized spacial score (nSPS) is 21.3. The molecule has 0 spiro atoms. The second-order valence-corrected chi connectivity index (χ2v) is 6.76. The van der Waals surface area contributed by atoms with Crippen LogP contribution in [0.1, 0.15) is 0 Å². The van der Waals surface area contributed by atoms with Gasteiger partial charge in [0, 0.05) is 11.9 Å². The Morgan fingerprint density at radius 1 is 1.23 bits per heavy atom. The third-order valence-electron chi connectivity index (χ3n) is 3.49. The highest BCUT2D eigenvalue weighted by Crippen LogP contribution is 2.32. The second-order valence-electron chi connectivity index (χ2n) is 4.87. The molecular weight excluding hydrogens is 323 g/mol. The largest absolute Gasteiger partial charge is 0.464 e. The molecule has 1 aromatic carbocycles. The Hall–Kier alpha value is -1.58. The zero-order valence-corrected chi connectivity index (χ0v) is 12.0. The molecule has 9 heteroatoms. The summed E-state index contributed by atoms with van der Waals surface area (Å²) in [5.74, 6) is 0. The minimum absolute atomic E-state index is 0.0697. The van der Waals surface area contributed by atoms with Crippen LogP contribution < -0.4 is 0 Å². The van der Waals surface area contributed by atoms with E-state index in [-0.39, 0.29) is 18.0 Å². The Labute approximate surface area is 124 Å². The first-order chi connectivity index (χ1) is 10.3. The molecule has 0 amide bonds. The van der Waals surface area contributed by atoms with E-state index in [1.165, 1.54) is 24.5 Å². The Morgan fingerprint density at radius 2 is 2.00 bits per heavy atom. The van der Waals surface area contributed by atoms with Crippen molar-refractivity contribution in [3.05, 3.63) is 30.5 Å². The van der Waals surface area contributed by atoms with Gasteiger partial charge in [-0.15, -0.1) is 0 Å². The number of benzene rings is 1. The van der Waals surface area contributed by atoms with Gasteiger partial charge < -0.3 is 9.15 Å². The molecule has 5 nitrogen and oxygen atoms in total. The molecule has 1 atom stereocenters. The summed E-state index contributed by atoms with van der Waals surface area (Å²) < 4.78 is 74.6. The quantitative estimate of drug-likeness (QED) is 0.845. The fourth-order valence-electron chi connectivity index (χ4n) is 2.37. The topological polar surface area (TPSA) is 59.8 Å². The predicted octanol–water partition coefficient (Wildman–Crippen LogP) is 2.38. The number of halogens is 3. The number of rotatable bonds is 2. The van der Waals surface area contributed by atoms with E-state index in [1.807, 2.05) is 0 Å². The maximum atomic E-state index is 13.0. The van der Waals surface area contributed by atoms with E-state index in [1.54, 1.807) is 6.07 Å². The zero-order valence-electron chi connectivity index (χ0n) is 11.2. The van der Waals surface area contributed by atoms with Gasteiger partial charge in [-0.1, -0.05) is 0 Å². The van der Waals surface area contributed by atoms with Crippen LogP contribution in [0.5, 0.6) is 0 Å². The summed E-state index contributed by atoms with van der Waals surface area (Å²) in [7, 11) is -4.27. The Balaban J connectivity index is 2.03. The van der Waals surface area contributed by atoms with Gasteiger partial charge in [0.2, 0.25) is 10.0 Å². The van der Waals surface area contributed by atoms with Gasteiger partial charge in [-0.2, -0.15) is 17.5 Å². The molecule has 0 bridgehead atoms. The van der Waals surface area contributed by atoms with E-state index >= 15 is 0 Å². The SMILES string of the molecule is O=S(=O)(c1ccc2occc2c1)N1CCOCC1C(F)(F)F. The molecule has 0 N–H and O–H groups in total. The van der Waals surface area contributed by atoms with Crippen LogP contribution >= 0.6 is 0 Å². The standard InChI is InChI=1S/C13H12F3NO4S/c14-13(15,16)12-8-20-6-4-17(12)22(18,19)10-1-2-11-9(7-10)3-5-21-11/h1-3,5,7,12H,4,6,8H2. The van der Waals surface area contributed by atoms with Crippen molar-refractivity contribution in [1.82, 2.24) is 4.31 Å². The van der Waals surface area contributed by atoms with E-state index in [9.17, 15) is 21.6 Å². The third kappa shape index (κ3) is 2.59. The van der Waals surface area contributed by atoms with Gasteiger partial charge in [-0.3, -0.25) is 0 Å². The van der Waals surface area contributed by atoms with E-state index in [2.05, 4.69) is 0 Å². The van der Waals surface area contributed by atoms with Gasteiger partial charge in [0.15, 0.2) is 0 Å². The Bertz CT molecular complexity index is 784. The number of fused-ring (bicyclic) bond motifs is 1. The molecule has 2 aromatic rings. The van der Waals surface area contributed by atoms with Crippen LogP contribution in [0.2, 0.25) is 0 Å². The summed E-state index contributed by atoms with van der Waals surface area (Å²) in [6.45, 7) is -1.10. The molecule has 0 saturated carbocycles. The fraction of sp³-hybridized carbons (Fsp3) is 0.385. The molecule has 0 radical (unpaired) electrons. The smallest absolute Gasteiger partial charge is 0.407 e. The number of sulfonamides is 1. The average Bonchev–Trinajstić information content (AvgIpc) is 2.93. The minimum atomic E-state index is -4.69. The van der Waals surface area contributed by atoms with Gasteiger partial charge in [-0.25, -0.2) is 8.42 Å². The van der Waals surface area contributed by atoms with E-state index in [0.29, 0.717) is 15.3 Å². The first-order valence-electron chi connectivity index (χ1n) is 6.44.